The molecule has 1 heterocycles. The van der Waals surface area contributed by atoms with E-state index in [-0.39, 0.29) is 0 Å². The Balaban J connectivity index is 3.09. The predicted molar refractivity (Wildman–Crippen MR) is 44.1 cm³/mol. The van der Waals surface area contributed by atoms with Crippen molar-refractivity contribution in [1.29, 1.82) is 0 Å². The van der Waals surface area contributed by atoms with Gasteiger partial charge in [0, 0.05) is 0 Å². The highest BCUT2D eigenvalue weighted by Gasteiger charge is 2.56. The van der Waals surface area contributed by atoms with Crippen LogP contribution in [0.3, 0.4) is 0 Å². The number of esters is 1. The molecule has 1 amide bonds. The summed E-state index contributed by atoms with van der Waals surface area (Å²) in [5.74, 6) is -3.10. The van der Waals surface area contributed by atoms with Gasteiger partial charge in [0.05, 0.1) is 19.6 Å². The summed E-state index contributed by atoms with van der Waals surface area (Å²) in [5.41, 5.74) is -1.90. The number of rotatable bonds is 2. The van der Waals surface area contributed by atoms with Crippen molar-refractivity contribution in [3.63, 3.8) is 0 Å². The minimum absolute atomic E-state index is 0.575. The minimum Gasteiger partial charge on any atom is -0.467 e. The first-order chi connectivity index (χ1) is 6.49. The third-order valence-corrected chi connectivity index (χ3v) is 2.31. The first kappa shape index (κ1) is 10.6. The molecular formula is C8H11NO5. The number of methoxy groups -OCH3 is 1. The fourth-order valence-corrected chi connectivity index (χ4v) is 1.38. The highest BCUT2D eigenvalue weighted by Crippen LogP contribution is 2.22. The van der Waals surface area contributed by atoms with Gasteiger partial charge in [0.1, 0.15) is 0 Å². The maximum absolute atomic E-state index is 11.5. The molecule has 0 radical (unpaired) electrons. The second-order valence-corrected chi connectivity index (χ2v) is 3.13. The largest absolute Gasteiger partial charge is 0.467 e. The molecule has 14 heavy (non-hydrogen) atoms. The van der Waals surface area contributed by atoms with Crippen LogP contribution in [-0.2, 0) is 19.1 Å². The Kier molecular flexibility index (Phi) is 2.57. The van der Waals surface area contributed by atoms with Gasteiger partial charge in [0.25, 0.3) is 0 Å². The van der Waals surface area contributed by atoms with Gasteiger partial charge in [-0.1, -0.05) is 0 Å². The lowest BCUT2D eigenvalue weighted by Crippen LogP contribution is -2.57. The van der Waals surface area contributed by atoms with Crippen LogP contribution in [0.25, 0.3) is 0 Å². The molecule has 0 aromatic rings. The van der Waals surface area contributed by atoms with Crippen molar-refractivity contribution in [2.45, 2.75) is 12.5 Å². The average molecular weight is 201 g/mol. The third kappa shape index (κ3) is 1.19. The number of aliphatic hydroxyl groups excluding tert-OH is 1. The van der Waals surface area contributed by atoms with Gasteiger partial charge in [-0.15, -0.1) is 0 Å². The van der Waals surface area contributed by atoms with Crippen LogP contribution in [0.1, 0.15) is 6.92 Å². The van der Waals surface area contributed by atoms with Crippen molar-refractivity contribution in [2.75, 3.05) is 13.7 Å². The van der Waals surface area contributed by atoms with Gasteiger partial charge in [-0.2, -0.15) is 0 Å². The maximum Gasteiger partial charge on any atom is 0.341 e. The summed E-state index contributed by atoms with van der Waals surface area (Å²) in [6.45, 7) is 0.590. The summed E-state index contributed by atoms with van der Waals surface area (Å²) < 4.78 is 4.36. The van der Waals surface area contributed by atoms with Crippen molar-refractivity contribution in [1.82, 2.24) is 5.32 Å². The molecule has 2 atom stereocenters. The van der Waals surface area contributed by atoms with Gasteiger partial charge in [0.2, 0.25) is 11.4 Å². The molecular weight excluding hydrogens is 190 g/mol. The summed E-state index contributed by atoms with van der Waals surface area (Å²) in [6, 6.07) is 0. The molecule has 0 aromatic heterocycles. The molecule has 0 bridgehead atoms. The Morgan fingerprint density at radius 2 is 2.21 bits per heavy atom. The highest BCUT2D eigenvalue weighted by molar-refractivity contribution is 6.22. The van der Waals surface area contributed by atoms with Crippen LogP contribution >= 0.6 is 0 Å². The quantitative estimate of drug-likeness (QED) is 0.407. The minimum atomic E-state index is -1.90. The summed E-state index contributed by atoms with van der Waals surface area (Å²) in [4.78, 5) is 33.9. The van der Waals surface area contributed by atoms with E-state index in [1.807, 2.05) is 0 Å². The monoisotopic (exact) mass is 201 g/mol. The topological polar surface area (TPSA) is 92.7 Å². The Morgan fingerprint density at radius 1 is 1.64 bits per heavy atom. The van der Waals surface area contributed by atoms with Crippen molar-refractivity contribution in [2.24, 2.45) is 5.92 Å². The molecule has 6 nitrogen and oxygen atoms in total. The molecule has 1 aliphatic heterocycles. The van der Waals surface area contributed by atoms with Gasteiger partial charge in [-0.3, -0.25) is 9.59 Å². The van der Waals surface area contributed by atoms with E-state index in [2.05, 4.69) is 10.1 Å². The second-order valence-electron chi connectivity index (χ2n) is 3.13. The summed E-state index contributed by atoms with van der Waals surface area (Å²) in [5, 5.41) is 11.1. The lowest BCUT2D eigenvalue weighted by molar-refractivity contribution is -0.154. The number of ether oxygens (including phenoxy) is 1. The molecule has 2 unspecified atom stereocenters. The number of aliphatic hydroxyl groups is 1. The van der Waals surface area contributed by atoms with E-state index in [1.54, 1.807) is 0 Å². The van der Waals surface area contributed by atoms with E-state index in [0.29, 0.717) is 0 Å². The van der Waals surface area contributed by atoms with Crippen LogP contribution in [0.4, 0.5) is 0 Å². The molecule has 0 aromatic carbocycles. The van der Waals surface area contributed by atoms with Crippen molar-refractivity contribution >= 4 is 17.7 Å². The Bertz CT molecular complexity index is 300. The molecule has 1 saturated heterocycles. The number of nitrogens with one attached hydrogen (secondary N) is 1. The van der Waals surface area contributed by atoms with Gasteiger partial charge >= 0.3 is 5.97 Å². The molecule has 6 heteroatoms. The zero-order valence-corrected chi connectivity index (χ0v) is 7.86. The van der Waals surface area contributed by atoms with E-state index in [9.17, 15) is 14.4 Å². The van der Waals surface area contributed by atoms with Gasteiger partial charge in [-0.05, 0) is 6.92 Å². The highest BCUT2D eigenvalue weighted by atomic mass is 16.5. The fourth-order valence-electron chi connectivity index (χ4n) is 1.38. The smallest absolute Gasteiger partial charge is 0.341 e. The van der Waals surface area contributed by atoms with E-state index >= 15 is 0 Å². The summed E-state index contributed by atoms with van der Waals surface area (Å²) >= 11 is 0. The molecule has 0 spiro atoms. The van der Waals surface area contributed by atoms with E-state index in [4.69, 9.17) is 5.11 Å². The van der Waals surface area contributed by atoms with Crippen molar-refractivity contribution in [3.05, 3.63) is 0 Å². The van der Waals surface area contributed by atoms with Crippen LogP contribution in [0, 0.1) is 5.92 Å². The fraction of sp³-hybridized carbons (Fsp3) is 0.625. The molecule has 1 rings (SSSR count). The van der Waals surface area contributed by atoms with Gasteiger partial charge < -0.3 is 15.2 Å². The Hall–Kier alpha value is -1.43. The SMILES string of the molecule is COC(=O)C1(CO)NC(=O)C(C)C1=O. The molecule has 1 fully saturated rings. The number of amides is 1. The van der Waals surface area contributed by atoms with Crippen LogP contribution in [-0.4, -0.2) is 42.0 Å². The predicted octanol–water partition coefficient (Wildman–Crippen LogP) is -1.77. The number of hydrogen-bond acceptors (Lipinski definition) is 5. The number of carbonyl (C=O) groups is 3. The normalized spacial score (nSPS) is 31.5. The molecule has 0 aliphatic carbocycles. The van der Waals surface area contributed by atoms with Crippen molar-refractivity contribution in [3.8, 4) is 0 Å². The number of Topliss-reactive ketones (excluding diaryl/α,β-unsaturated/α-hetero) is 1. The second kappa shape index (κ2) is 3.38. The molecule has 78 valence electrons. The average Bonchev–Trinajstić information content (AvgIpc) is 2.42. The Labute approximate surface area is 80.2 Å². The van der Waals surface area contributed by atoms with E-state index in [1.165, 1.54) is 6.92 Å². The van der Waals surface area contributed by atoms with Gasteiger partial charge in [0.15, 0.2) is 5.78 Å². The lowest BCUT2D eigenvalue weighted by Gasteiger charge is -2.21. The lowest BCUT2D eigenvalue weighted by atomic mass is 9.93. The zero-order chi connectivity index (χ0) is 10.9. The number of ketones is 1. The molecule has 0 saturated carbocycles. The number of carbonyl (C=O) groups excluding carboxylic acids is 3. The molecule has 1 aliphatic rings. The van der Waals surface area contributed by atoms with Gasteiger partial charge in [-0.25, -0.2) is 4.79 Å². The Morgan fingerprint density at radius 3 is 2.50 bits per heavy atom. The maximum atomic E-state index is 11.5. The van der Waals surface area contributed by atoms with Crippen LogP contribution in [0.15, 0.2) is 0 Å². The van der Waals surface area contributed by atoms with E-state index in [0.717, 1.165) is 7.11 Å². The van der Waals surface area contributed by atoms with Crippen LogP contribution < -0.4 is 5.32 Å². The summed E-state index contributed by atoms with van der Waals surface area (Å²) in [7, 11) is 1.09. The third-order valence-electron chi connectivity index (χ3n) is 2.31. The molecule has 2 N–H and O–H groups in total. The standard InChI is InChI=1S/C8H11NO5/c1-4-5(11)8(3-10,7(13)14-2)9-6(4)12/h4,10H,3H2,1-2H3,(H,9,12). The first-order valence-electron chi connectivity index (χ1n) is 4.05. The van der Waals surface area contributed by atoms with Crippen molar-refractivity contribution < 1.29 is 24.2 Å². The van der Waals surface area contributed by atoms with E-state index < -0.39 is 35.7 Å². The van der Waals surface area contributed by atoms with Crippen LogP contribution in [0.5, 0.6) is 0 Å². The summed E-state index contributed by atoms with van der Waals surface area (Å²) in [6.07, 6.45) is 0. The number of hydrogen-bond donors (Lipinski definition) is 2. The first-order valence-corrected chi connectivity index (χ1v) is 4.05. The zero-order valence-electron chi connectivity index (χ0n) is 7.86. The van der Waals surface area contributed by atoms with Crippen LogP contribution in [0.2, 0.25) is 0 Å².